The maximum Gasteiger partial charge on any atom is 0.132 e. The highest BCUT2D eigenvalue weighted by atomic mass is 79.9. The van der Waals surface area contributed by atoms with Gasteiger partial charge in [0.1, 0.15) is 11.6 Å². The molecule has 1 aromatic rings. The minimum atomic E-state index is -0.483. The zero-order chi connectivity index (χ0) is 12.4. The molecule has 1 aromatic carbocycles. The van der Waals surface area contributed by atoms with Gasteiger partial charge in [0.25, 0.3) is 0 Å². The standard InChI is InChI=1S/C12H15BrF2N2.2ClH/c1-8(17-4-2-16-3-5-17)12-10(14)6-9(13)7-11(12)15;;/h6-8,16H,2-5H2,1H3;2*1H/t8-;;/m1../s1. The van der Waals surface area contributed by atoms with E-state index in [2.05, 4.69) is 26.1 Å². The third-order valence-electron chi connectivity index (χ3n) is 3.16. The van der Waals surface area contributed by atoms with Gasteiger partial charge in [-0.3, -0.25) is 4.90 Å². The third kappa shape index (κ3) is 4.53. The number of nitrogens with one attached hydrogen (secondary N) is 1. The van der Waals surface area contributed by atoms with Crippen LogP contribution in [0.1, 0.15) is 18.5 Å². The maximum absolute atomic E-state index is 13.8. The van der Waals surface area contributed by atoms with E-state index in [1.807, 2.05) is 6.92 Å². The molecule has 0 unspecified atom stereocenters. The van der Waals surface area contributed by atoms with Crippen molar-refractivity contribution in [3.63, 3.8) is 0 Å². The van der Waals surface area contributed by atoms with E-state index in [1.54, 1.807) is 0 Å². The fourth-order valence-corrected chi connectivity index (χ4v) is 2.61. The minimum absolute atomic E-state index is 0. The first kappa shape index (κ1) is 19.1. The van der Waals surface area contributed by atoms with Crippen LogP contribution in [0.5, 0.6) is 0 Å². The zero-order valence-electron chi connectivity index (χ0n) is 10.5. The molecule has 1 saturated heterocycles. The largest absolute Gasteiger partial charge is 0.314 e. The van der Waals surface area contributed by atoms with Gasteiger partial charge < -0.3 is 5.32 Å². The van der Waals surface area contributed by atoms with Crippen molar-refractivity contribution in [2.45, 2.75) is 13.0 Å². The lowest BCUT2D eigenvalue weighted by molar-refractivity contribution is 0.179. The van der Waals surface area contributed by atoms with E-state index in [1.165, 1.54) is 12.1 Å². The molecule has 2 rings (SSSR count). The minimum Gasteiger partial charge on any atom is -0.314 e. The van der Waals surface area contributed by atoms with Crippen LogP contribution in [0.4, 0.5) is 8.78 Å². The molecule has 0 amide bonds. The SMILES string of the molecule is C[C@H](c1c(F)cc(Br)cc1F)N1CCNCC1.Cl.Cl. The molecule has 1 N–H and O–H groups in total. The molecule has 0 spiro atoms. The lowest BCUT2D eigenvalue weighted by Crippen LogP contribution is -2.44. The number of halogens is 5. The van der Waals surface area contributed by atoms with E-state index in [0.717, 1.165) is 26.2 Å². The molecular weight excluding hydrogens is 361 g/mol. The molecule has 0 aliphatic carbocycles. The first-order valence-electron chi connectivity index (χ1n) is 5.69. The van der Waals surface area contributed by atoms with E-state index >= 15 is 0 Å². The average molecular weight is 378 g/mol. The van der Waals surface area contributed by atoms with Crippen LogP contribution in [-0.4, -0.2) is 31.1 Å². The van der Waals surface area contributed by atoms with Gasteiger partial charge in [-0.1, -0.05) is 15.9 Å². The number of benzene rings is 1. The van der Waals surface area contributed by atoms with E-state index < -0.39 is 11.6 Å². The van der Waals surface area contributed by atoms with Crippen molar-refractivity contribution in [3.8, 4) is 0 Å². The summed E-state index contributed by atoms with van der Waals surface area (Å²) in [6.45, 7) is 5.21. The fourth-order valence-electron chi connectivity index (χ4n) is 2.20. The summed E-state index contributed by atoms with van der Waals surface area (Å²) in [5.74, 6) is -0.967. The highest BCUT2D eigenvalue weighted by Crippen LogP contribution is 2.28. The van der Waals surface area contributed by atoms with Crippen molar-refractivity contribution >= 4 is 40.7 Å². The molecule has 1 aliphatic heterocycles. The summed E-state index contributed by atoms with van der Waals surface area (Å²) in [4.78, 5) is 2.09. The van der Waals surface area contributed by atoms with Gasteiger partial charge in [0.05, 0.1) is 0 Å². The summed E-state index contributed by atoms with van der Waals surface area (Å²) >= 11 is 3.09. The molecule has 19 heavy (non-hydrogen) atoms. The molecule has 110 valence electrons. The molecule has 1 fully saturated rings. The summed E-state index contributed by atoms with van der Waals surface area (Å²) < 4.78 is 28.0. The van der Waals surface area contributed by atoms with Gasteiger partial charge in [-0.15, -0.1) is 24.8 Å². The second-order valence-corrected chi connectivity index (χ2v) is 5.16. The van der Waals surface area contributed by atoms with Gasteiger partial charge in [-0.05, 0) is 19.1 Å². The number of rotatable bonds is 2. The Kier molecular flexibility index (Phi) is 8.40. The zero-order valence-corrected chi connectivity index (χ0v) is 13.7. The summed E-state index contributed by atoms with van der Waals surface area (Å²) in [5, 5.41) is 3.22. The molecular formula is C12H17BrCl2F2N2. The van der Waals surface area contributed by atoms with Gasteiger partial charge in [0, 0.05) is 42.3 Å². The van der Waals surface area contributed by atoms with Crippen LogP contribution in [0.2, 0.25) is 0 Å². The molecule has 0 aromatic heterocycles. The van der Waals surface area contributed by atoms with Crippen molar-refractivity contribution in [2.75, 3.05) is 26.2 Å². The highest BCUT2D eigenvalue weighted by molar-refractivity contribution is 9.10. The Balaban J connectivity index is 0.00000162. The quantitative estimate of drug-likeness (QED) is 0.847. The Morgan fingerprint density at radius 2 is 1.63 bits per heavy atom. The Morgan fingerprint density at radius 1 is 1.16 bits per heavy atom. The summed E-state index contributed by atoms with van der Waals surface area (Å²) in [5.41, 5.74) is 0.162. The van der Waals surface area contributed by atoms with Crippen molar-refractivity contribution in [2.24, 2.45) is 0 Å². The number of nitrogens with zero attached hydrogens (tertiary/aromatic N) is 1. The topological polar surface area (TPSA) is 15.3 Å². The second-order valence-electron chi connectivity index (χ2n) is 4.25. The Morgan fingerprint density at radius 3 is 2.11 bits per heavy atom. The van der Waals surface area contributed by atoms with E-state index in [-0.39, 0.29) is 36.4 Å². The van der Waals surface area contributed by atoms with Gasteiger partial charge in [0.2, 0.25) is 0 Å². The molecule has 1 aliphatic rings. The average Bonchev–Trinajstić information content (AvgIpc) is 2.28. The monoisotopic (exact) mass is 376 g/mol. The van der Waals surface area contributed by atoms with E-state index in [4.69, 9.17) is 0 Å². The molecule has 7 heteroatoms. The molecule has 0 bridgehead atoms. The molecule has 1 atom stereocenters. The van der Waals surface area contributed by atoms with Gasteiger partial charge in [0.15, 0.2) is 0 Å². The summed E-state index contributed by atoms with van der Waals surface area (Å²) in [6.07, 6.45) is 0. The van der Waals surface area contributed by atoms with E-state index in [9.17, 15) is 8.78 Å². The van der Waals surface area contributed by atoms with Gasteiger partial charge in [-0.2, -0.15) is 0 Å². The first-order chi connectivity index (χ1) is 8.09. The van der Waals surface area contributed by atoms with Crippen LogP contribution in [0.3, 0.4) is 0 Å². The first-order valence-corrected chi connectivity index (χ1v) is 6.48. The van der Waals surface area contributed by atoms with Crippen LogP contribution in [0, 0.1) is 11.6 Å². The highest BCUT2D eigenvalue weighted by Gasteiger charge is 2.23. The van der Waals surface area contributed by atoms with Crippen LogP contribution >= 0.6 is 40.7 Å². The maximum atomic E-state index is 13.8. The Bertz CT molecular complexity index is 392. The van der Waals surface area contributed by atoms with Crippen molar-refractivity contribution in [3.05, 3.63) is 33.8 Å². The predicted molar refractivity (Wildman–Crippen MR) is 81.4 cm³/mol. The van der Waals surface area contributed by atoms with Crippen molar-refractivity contribution in [1.29, 1.82) is 0 Å². The molecule has 0 radical (unpaired) electrons. The lowest BCUT2D eigenvalue weighted by atomic mass is 10.0. The number of piperazine rings is 1. The van der Waals surface area contributed by atoms with Gasteiger partial charge in [-0.25, -0.2) is 8.78 Å². The third-order valence-corrected chi connectivity index (χ3v) is 3.62. The molecule has 2 nitrogen and oxygen atoms in total. The van der Waals surface area contributed by atoms with Crippen LogP contribution in [-0.2, 0) is 0 Å². The van der Waals surface area contributed by atoms with Crippen molar-refractivity contribution < 1.29 is 8.78 Å². The van der Waals surface area contributed by atoms with Crippen LogP contribution in [0.25, 0.3) is 0 Å². The fraction of sp³-hybridized carbons (Fsp3) is 0.500. The predicted octanol–water partition coefficient (Wildman–Crippen LogP) is 3.54. The van der Waals surface area contributed by atoms with Crippen molar-refractivity contribution in [1.82, 2.24) is 10.2 Å². The van der Waals surface area contributed by atoms with Crippen LogP contribution < -0.4 is 5.32 Å². The lowest BCUT2D eigenvalue weighted by Gasteiger charge is -2.33. The number of hydrogen-bond acceptors (Lipinski definition) is 2. The smallest absolute Gasteiger partial charge is 0.132 e. The second kappa shape index (κ2) is 8.37. The number of hydrogen-bond donors (Lipinski definition) is 1. The Labute approximate surface area is 132 Å². The molecule has 0 saturated carbocycles. The van der Waals surface area contributed by atoms with E-state index in [0.29, 0.717) is 4.47 Å². The Hall–Kier alpha value is 0.0600. The summed E-state index contributed by atoms with van der Waals surface area (Å²) in [7, 11) is 0. The van der Waals surface area contributed by atoms with Gasteiger partial charge >= 0.3 is 0 Å². The molecule has 1 heterocycles. The summed E-state index contributed by atoms with van der Waals surface area (Å²) in [6, 6.07) is 2.40. The normalized spacial score (nSPS) is 17.3. The van der Waals surface area contributed by atoms with Crippen LogP contribution in [0.15, 0.2) is 16.6 Å².